The molecule has 0 unspecified atom stereocenters. The third-order valence-electron chi connectivity index (χ3n) is 6.89. The average molecular weight is 521 g/mol. The summed E-state index contributed by atoms with van der Waals surface area (Å²) in [5.74, 6) is -0.592. The van der Waals surface area contributed by atoms with Gasteiger partial charge in [-0.05, 0) is 59.0 Å². The Morgan fingerprint density at radius 3 is 2.24 bits per heavy atom. The van der Waals surface area contributed by atoms with Gasteiger partial charge < -0.3 is 19.7 Å². The van der Waals surface area contributed by atoms with Crippen molar-refractivity contribution in [1.29, 1.82) is 0 Å². The van der Waals surface area contributed by atoms with Crippen LogP contribution in [0.2, 0.25) is 0 Å². The molecule has 38 heavy (non-hydrogen) atoms. The highest BCUT2D eigenvalue weighted by Gasteiger charge is 2.21. The normalized spacial score (nSPS) is 14.7. The van der Waals surface area contributed by atoms with Crippen LogP contribution >= 0.6 is 0 Å². The summed E-state index contributed by atoms with van der Waals surface area (Å²) in [6, 6.07) is 8.70. The maximum absolute atomic E-state index is 14.7. The minimum atomic E-state index is -0.895. The van der Waals surface area contributed by atoms with E-state index >= 15 is 0 Å². The van der Waals surface area contributed by atoms with Gasteiger partial charge in [0.15, 0.2) is 11.5 Å². The third-order valence-corrected chi connectivity index (χ3v) is 6.89. The van der Waals surface area contributed by atoms with Crippen LogP contribution < -0.4 is 21.3 Å². The molecule has 0 spiro atoms. The van der Waals surface area contributed by atoms with E-state index in [4.69, 9.17) is 0 Å². The number of hydrogen-bond acceptors (Lipinski definition) is 7. The molecule has 200 valence electrons. The molecule has 3 aromatic heterocycles. The van der Waals surface area contributed by atoms with Crippen molar-refractivity contribution in [3.63, 3.8) is 0 Å². The van der Waals surface area contributed by atoms with Gasteiger partial charge in [-0.2, -0.15) is 4.98 Å². The van der Waals surface area contributed by atoms with Crippen LogP contribution in [0.15, 0.2) is 52.3 Å². The van der Waals surface area contributed by atoms with Crippen molar-refractivity contribution >= 4 is 28.4 Å². The number of halogens is 1. The van der Waals surface area contributed by atoms with Gasteiger partial charge in [-0.25, -0.2) is 18.7 Å². The molecule has 0 atom stereocenters. The quantitative estimate of drug-likeness (QED) is 0.416. The Bertz CT molecular complexity index is 1580. The lowest BCUT2D eigenvalue weighted by molar-refractivity contribution is 0.313. The number of aromatic nitrogens is 5. The fraction of sp³-hybridized carbons (Fsp3) is 0.407. The maximum Gasteiger partial charge on any atom is 0.286 e. The molecular formula is C27H33FN8O2. The van der Waals surface area contributed by atoms with Crippen molar-refractivity contribution in [1.82, 2.24) is 28.8 Å². The predicted octanol–water partition coefficient (Wildman–Crippen LogP) is 3.54. The third kappa shape index (κ3) is 4.69. The number of nitrogens with one attached hydrogen (secondary N) is 1. The summed E-state index contributed by atoms with van der Waals surface area (Å²) in [6.45, 7) is 11.4. The van der Waals surface area contributed by atoms with Crippen LogP contribution in [-0.4, -0.2) is 62.0 Å². The van der Waals surface area contributed by atoms with Crippen molar-refractivity contribution in [2.75, 3.05) is 43.4 Å². The molecule has 0 bridgehead atoms. The zero-order chi connectivity index (χ0) is 27.1. The molecule has 0 saturated carbocycles. The predicted molar refractivity (Wildman–Crippen MR) is 148 cm³/mol. The van der Waals surface area contributed by atoms with E-state index in [1.807, 2.05) is 26.0 Å². The average Bonchev–Trinajstić information content (AvgIpc) is 3.18. The number of fused-ring (bicyclic) bond motifs is 1. The molecule has 1 aromatic carbocycles. The van der Waals surface area contributed by atoms with Crippen molar-refractivity contribution in [3.8, 4) is 5.69 Å². The first-order chi connectivity index (χ1) is 18.1. The van der Waals surface area contributed by atoms with E-state index in [9.17, 15) is 14.0 Å². The van der Waals surface area contributed by atoms with Gasteiger partial charge in [0.05, 0.1) is 5.69 Å². The van der Waals surface area contributed by atoms with Crippen LogP contribution in [0.25, 0.3) is 16.7 Å². The highest BCUT2D eigenvalue weighted by molar-refractivity contribution is 5.77. The molecule has 1 aliphatic rings. The van der Waals surface area contributed by atoms with Crippen LogP contribution in [0, 0.1) is 5.82 Å². The first-order valence-corrected chi connectivity index (χ1v) is 12.9. The SMILES string of the molecule is CC(C)n1cc(-n2c3nc(Nc4ccc(N5CCN(C)CC5)cc4)ncc3c(=O)n2C(C)C)cc(F)c1=O. The van der Waals surface area contributed by atoms with Gasteiger partial charge in [0, 0.05) is 68.1 Å². The van der Waals surface area contributed by atoms with Crippen molar-refractivity contribution in [3.05, 3.63) is 69.3 Å². The Balaban J connectivity index is 1.54. The molecule has 5 rings (SSSR count). The molecule has 4 heterocycles. The van der Waals surface area contributed by atoms with Gasteiger partial charge in [0.1, 0.15) is 5.39 Å². The van der Waals surface area contributed by atoms with Gasteiger partial charge in [0.25, 0.3) is 11.1 Å². The number of anilines is 3. The number of benzene rings is 1. The van der Waals surface area contributed by atoms with Gasteiger partial charge in [-0.15, -0.1) is 0 Å². The van der Waals surface area contributed by atoms with E-state index < -0.39 is 11.4 Å². The van der Waals surface area contributed by atoms with Gasteiger partial charge >= 0.3 is 0 Å². The zero-order valence-electron chi connectivity index (χ0n) is 22.3. The van der Waals surface area contributed by atoms with Crippen molar-refractivity contribution in [2.45, 2.75) is 39.8 Å². The molecule has 0 aliphatic carbocycles. The van der Waals surface area contributed by atoms with Crippen LogP contribution in [0.4, 0.5) is 21.7 Å². The highest BCUT2D eigenvalue weighted by atomic mass is 19.1. The van der Waals surface area contributed by atoms with Crippen LogP contribution in [-0.2, 0) is 0 Å². The molecule has 0 amide bonds. The second kappa shape index (κ2) is 10.1. The number of piperazine rings is 1. The zero-order valence-corrected chi connectivity index (χ0v) is 22.3. The van der Waals surface area contributed by atoms with E-state index in [2.05, 4.69) is 44.3 Å². The Morgan fingerprint density at radius 2 is 1.61 bits per heavy atom. The van der Waals surface area contributed by atoms with E-state index in [1.54, 1.807) is 24.7 Å². The largest absolute Gasteiger partial charge is 0.369 e. The van der Waals surface area contributed by atoms with E-state index in [1.165, 1.54) is 15.4 Å². The van der Waals surface area contributed by atoms with E-state index in [-0.39, 0.29) is 17.6 Å². The van der Waals surface area contributed by atoms with Gasteiger partial charge in [0.2, 0.25) is 5.95 Å². The topological polar surface area (TPSA) is 93.2 Å². The monoisotopic (exact) mass is 520 g/mol. The summed E-state index contributed by atoms with van der Waals surface area (Å²) < 4.78 is 19.1. The van der Waals surface area contributed by atoms with Crippen molar-refractivity contribution in [2.24, 2.45) is 0 Å². The minimum Gasteiger partial charge on any atom is -0.369 e. The number of rotatable bonds is 6. The summed E-state index contributed by atoms with van der Waals surface area (Å²) >= 11 is 0. The smallest absolute Gasteiger partial charge is 0.286 e. The lowest BCUT2D eigenvalue weighted by atomic mass is 10.2. The summed E-state index contributed by atoms with van der Waals surface area (Å²) in [5.41, 5.74) is 1.61. The Labute approximate surface area is 219 Å². The first kappa shape index (κ1) is 25.7. The van der Waals surface area contributed by atoms with Gasteiger partial charge in [-0.1, -0.05) is 0 Å². The standard InChI is InChI=1S/C27H33FN8O2/c1-17(2)34-16-21(14-23(28)26(34)38)36-24-22(25(37)35(36)18(3)4)15-29-27(31-24)30-19-6-8-20(9-7-19)33-12-10-32(5)11-13-33/h6-9,14-18H,10-13H2,1-5H3,(H,29,30,31). The van der Waals surface area contributed by atoms with Crippen LogP contribution in [0.5, 0.6) is 0 Å². The number of hydrogen-bond donors (Lipinski definition) is 1. The molecule has 10 nitrogen and oxygen atoms in total. The molecule has 1 saturated heterocycles. The molecule has 0 radical (unpaired) electrons. The molecule has 11 heteroatoms. The Hall–Kier alpha value is -3.99. The number of nitrogens with zero attached hydrogens (tertiary/aromatic N) is 7. The lowest BCUT2D eigenvalue weighted by Gasteiger charge is -2.34. The fourth-order valence-electron chi connectivity index (χ4n) is 4.78. The van der Waals surface area contributed by atoms with Gasteiger partial charge in [-0.3, -0.25) is 9.59 Å². The second-order valence-corrected chi connectivity index (χ2v) is 10.3. The molecule has 4 aromatic rings. The molecular weight excluding hydrogens is 487 g/mol. The van der Waals surface area contributed by atoms with E-state index in [0.717, 1.165) is 43.6 Å². The van der Waals surface area contributed by atoms with Crippen LogP contribution in [0.1, 0.15) is 39.8 Å². The minimum absolute atomic E-state index is 0.252. The highest BCUT2D eigenvalue weighted by Crippen LogP contribution is 2.23. The summed E-state index contributed by atoms with van der Waals surface area (Å²) in [5, 5.41) is 3.52. The first-order valence-electron chi connectivity index (χ1n) is 12.9. The van der Waals surface area contributed by atoms with Crippen molar-refractivity contribution < 1.29 is 4.39 Å². The fourth-order valence-corrected chi connectivity index (χ4v) is 4.78. The molecule has 1 N–H and O–H groups in total. The lowest BCUT2D eigenvalue weighted by Crippen LogP contribution is -2.44. The Kier molecular flexibility index (Phi) is 6.78. The summed E-state index contributed by atoms with van der Waals surface area (Å²) in [7, 11) is 2.13. The Morgan fingerprint density at radius 1 is 0.921 bits per heavy atom. The van der Waals surface area contributed by atoms with Crippen LogP contribution in [0.3, 0.4) is 0 Å². The number of pyridine rings is 1. The second-order valence-electron chi connectivity index (χ2n) is 10.3. The number of likely N-dealkylation sites (N-methyl/N-ethyl adjacent to an activating group) is 1. The maximum atomic E-state index is 14.7. The summed E-state index contributed by atoms with van der Waals surface area (Å²) in [6.07, 6.45) is 3.04. The summed E-state index contributed by atoms with van der Waals surface area (Å²) in [4.78, 5) is 39.3. The molecule has 1 fully saturated rings. The molecule has 1 aliphatic heterocycles. The van der Waals surface area contributed by atoms with E-state index in [0.29, 0.717) is 22.7 Å².